The Morgan fingerprint density at radius 1 is 0.786 bits per heavy atom. The summed E-state index contributed by atoms with van der Waals surface area (Å²) in [7, 11) is 0. The van der Waals surface area contributed by atoms with Gasteiger partial charge in [-0.1, -0.05) is 12.8 Å². The minimum atomic E-state index is -0.954. The third-order valence-electron chi connectivity index (χ3n) is 1.58. The molecule has 0 rings (SSSR count). The van der Waals surface area contributed by atoms with Crippen molar-refractivity contribution in [2.45, 2.75) is 31.8 Å². The minimum absolute atomic E-state index is 0.365. The molecule has 88 valence electrons. The Hall–Kier alpha value is -0.200. The molecule has 0 aliphatic rings. The smallest absolute Gasteiger partial charge is 0.100 e. The number of aliphatic hydroxyl groups is 3. The highest BCUT2D eigenvalue weighted by atomic mass is 16.3. The molecule has 5 nitrogen and oxygen atoms in total. The van der Waals surface area contributed by atoms with Gasteiger partial charge in [0, 0.05) is 0 Å². The van der Waals surface area contributed by atoms with Crippen LogP contribution in [0, 0.1) is 0 Å². The molecule has 0 unspecified atom stereocenters. The van der Waals surface area contributed by atoms with E-state index < -0.39 is 6.10 Å². The Labute approximate surface area is 85.7 Å². The molecule has 0 aliphatic carbocycles. The van der Waals surface area contributed by atoms with Crippen LogP contribution in [0.5, 0.6) is 0 Å². The molecule has 0 spiro atoms. The van der Waals surface area contributed by atoms with Gasteiger partial charge in [-0.3, -0.25) is 0 Å². The molecular weight excluding hydrogens is 184 g/mol. The van der Waals surface area contributed by atoms with E-state index in [4.69, 9.17) is 26.8 Å². The van der Waals surface area contributed by atoms with Gasteiger partial charge in [0.1, 0.15) is 6.10 Å². The zero-order valence-corrected chi connectivity index (χ0v) is 8.73. The highest BCUT2D eigenvalue weighted by Crippen LogP contribution is 1.95. The Kier molecular flexibility index (Phi) is 17.7. The van der Waals surface area contributed by atoms with Crippen molar-refractivity contribution in [3.63, 3.8) is 0 Å². The highest BCUT2D eigenvalue weighted by molar-refractivity contribution is 4.44. The predicted octanol–water partition coefficient (Wildman–Crippen LogP) is -1.20. The van der Waals surface area contributed by atoms with Crippen LogP contribution in [0.4, 0.5) is 0 Å². The fourth-order valence-electron chi connectivity index (χ4n) is 0.700. The normalized spacial score (nSPS) is 9.86. The van der Waals surface area contributed by atoms with Crippen molar-refractivity contribution in [2.24, 2.45) is 11.5 Å². The summed E-state index contributed by atoms with van der Waals surface area (Å²) in [5.41, 5.74) is 10.6. The zero-order chi connectivity index (χ0) is 11.2. The van der Waals surface area contributed by atoms with E-state index in [2.05, 4.69) is 0 Å². The molecule has 0 aromatic rings. The van der Waals surface area contributed by atoms with Gasteiger partial charge in [-0.25, -0.2) is 0 Å². The largest absolute Gasteiger partial charge is 0.394 e. The van der Waals surface area contributed by atoms with E-state index in [-0.39, 0.29) is 13.2 Å². The van der Waals surface area contributed by atoms with E-state index in [9.17, 15) is 0 Å². The molecule has 0 saturated carbocycles. The van der Waals surface area contributed by atoms with Gasteiger partial charge in [0.25, 0.3) is 0 Å². The first-order valence-corrected chi connectivity index (χ1v) is 5.02. The molecule has 0 radical (unpaired) electrons. The monoisotopic (exact) mass is 208 g/mol. The molecule has 0 fully saturated rings. The number of aliphatic hydroxyl groups excluding tert-OH is 3. The number of hydrogen-bond acceptors (Lipinski definition) is 5. The number of nitrogens with two attached hydrogens (primary N) is 2. The fourth-order valence-corrected chi connectivity index (χ4v) is 0.700. The zero-order valence-electron chi connectivity index (χ0n) is 8.73. The van der Waals surface area contributed by atoms with E-state index in [1.807, 2.05) is 0 Å². The van der Waals surface area contributed by atoms with Gasteiger partial charge < -0.3 is 26.8 Å². The molecule has 7 N–H and O–H groups in total. The molecule has 0 amide bonds. The van der Waals surface area contributed by atoms with Gasteiger partial charge in [-0.2, -0.15) is 0 Å². The molecule has 0 bridgehead atoms. The number of rotatable bonds is 7. The summed E-state index contributed by atoms with van der Waals surface area (Å²) in [5, 5.41) is 24.0. The van der Waals surface area contributed by atoms with Crippen molar-refractivity contribution in [3.05, 3.63) is 0 Å². The first-order valence-electron chi connectivity index (χ1n) is 5.02. The van der Waals surface area contributed by atoms with Gasteiger partial charge in [0.15, 0.2) is 0 Å². The lowest BCUT2D eigenvalue weighted by Crippen LogP contribution is -2.15. The van der Waals surface area contributed by atoms with E-state index in [1.165, 1.54) is 12.8 Å². The van der Waals surface area contributed by atoms with E-state index in [1.54, 1.807) is 0 Å². The summed E-state index contributed by atoms with van der Waals surface area (Å²) in [6.45, 7) is 0.919. The summed E-state index contributed by atoms with van der Waals surface area (Å²) in [6.07, 6.45) is 3.84. The molecule has 14 heavy (non-hydrogen) atoms. The number of unbranched alkanes of at least 4 members (excludes halogenated alkanes) is 3. The second-order valence-corrected chi connectivity index (χ2v) is 3.01. The third kappa shape index (κ3) is 17.8. The molecule has 0 heterocycles. The molecule has 0 aromatic carbocycles. The lowest BCUT2D eigenvalue weighted by molar-refractivity contribution is 0.0450. The average molecular weight is 208 g/mol. The van der Waals surface area contributed by atoms with Crippen LogP contribution < -0.4 is 11.5 Å². The minimum Gasteiger partial charge on any atom is -0.394 e. The van der Waals surface area contributed by atoms with E-state index in [0.29, 0.717) is 0 Å². The van der Waals surface area contributed by atoms with Crippen molar-refractivity contribution in [1.29, 1.82) is 0 Å². The fraction of sp³-hybridized carbons (Fsp3) is 1.00. The van der Waals surface area contributed by atoms with Crippen molar-refractivity contribution in [3.8, 4) is 0 Å². The maximum absolute atomic E-state index is 8.17. The van der Waals surface area contributed by atoms with Crippen molar-refractivity contribution >= 4 is 0 Å². The Morgan fingerprint density at radius 3 is 1.29 bits per heavy atom. The molecule has 0 aliphatic heterocycles. The predicted molar refractivity (Wildman–Crippen MR) is 56.8 cm³/mol. The first-order chi connectivity index (χ1) is 6.72. The quantitative estimate of drug-likeness (QED) is 0.337. The van der Waals surface area contributed by atoms with Crippen LogP contribution in [-0.2, 0) is 0 Å². The molecule has 0 atom stereocenters. The summed E-state index contributed by atoms with van der Waals surface area (Å²) in [4.78, 5) is 0. The summed E-state index contributed by atoms with van der Waals surface area (Å²) < 4.78 is 0. The Balaban J connectivity index is 0. The molecular formula is C9H24N2O3. The maximum atomic E-state index is 8.17. The summed E-state index contributed by atoms with van der Waals surface area (Å²) in [5.74, 6) is 0. The van der Waals surface area contributed by atoms with Crippen LogP contribution >= 0.6 is 0 Å². The second kappa shape index (κ2) is 15.3. The highest BCUT2D eigenvalue weighted by Gasteiger charge is 1.93. The lowest BCUT2D eigenvalue weighted by atomic mass is 10.2. The van der Waals surface area contributed by atoms with Gasteiger partial charge >= 0.3 is 0 Å². The topological polar surface area (TPSA) is 113 Å². The van der Waals surface area contributed by atoms with Crippen LogP contribution in [0.3, 0.4) is 0 Å². The molecule has 0 aromatic heterocycles. The van der Waals surface area contributed by atoms with Crippen molar-refractivity contribution in [2.75, 3.05) is 26.3 Å². The SMILES string of the molecule is NCCCCCCN.OCC(O)CO. The van der Waals surface area contributed by atoms with Crippen molar-refractivity contribution in [1.82, 2.24) is 0 Å². The van der Waals surface area contributed by atoms with E-state index in [0.717, 1.165) is 25.9 Å². The lowest BCUT2D eigenvalue weighted by Gasteiger charge is -1.96. The van der Waals surface area contributed by atoms with Crippen LogP contribution in [0.1, 0.15) is 25.7 Å². The second-order valence-electron chi connectivity index (χ2n) is 3.01. The van der Waals surface area contributed by atoms with Crippen LogP contribution in [0.25, 0.3) is 0 Å². The van der Waals surface area contributed by atoms with Crippen molar-refractivity contribution < 1.29 is 15.3 Å². The number of hydrogen-bond donors (Lipinski definition) is 5. The first kappa shape index (κ1) is 16.2. The van der Waals surface area contributed by atoms with E-state index >= 15 is 0 Å². The maximum Gasteiger partial charge on any atom is 0.100 e. The molecule has 5 heteroatoms. The van der Waals surface area contributed by atoms with Gasteiger partial charge in [0.05, 0.1) is 13.2 Å². The van der Waals surface area contributed by atoms with Crippen LogP contribution in [0.15, 0.2) is 0 Å². The average Bonchev–Trinajstić information content (AvgIpc) is 2.24. The Morgan fingerprint density at radius 2 is 1.14 bits per heavy atom. The standard InChI is InChI=1S/C6H16N2.C3H8O3/c7-5-3-1-2-4-6-8;4-1-3(6)2-5/h1-8H2;3-6H,1-2H2. The van der Waals surface area contributed by atoms with Crippen LogP contribution in [0.2, 0.25) is 0 Å². The van der Waals surface area contributed by atoms with Gasteiger partial charge in [-0.15, -0.1) is 0 Å². The summed E-state index contributed by atoms with van der Waals surface area (Å²) >= 11 is 0. The Bertz CT molecular complexity index is 84.1. The third-order valence-corrected chi connectivity index (χ3v) is 1.58. The van der Waals surface area contributed by atoms with Gasteiger partial charge in [0.2, 0.25) is 0 Å². The van der Waals surface area contributed by atoms with Gasteiger partial charge in [-0.05, 0) is 25.9 Å². The van der Waals surface area contributed by atoms with Crippen LogP contribution in [-0.4, -0.2) is 47.7 Å². The molecule has 0 saturated heterocycles. The summed E-state index contributed by atoms with van der Waals surface area (Å²) in [6, 6.07) is 0.